The molecule has 0 aliphatic carbocycles. The molecule has 1 aromatic rings. The van der Waals surface area contributed by atoms with Crippen LogP contribution in [0.5, 0.6) is 0 Å². The van der Waals surface area contributed by atoms with E-state index >= 15 is 0 Å². The second kappa shape index (κ2) is 5.03. The Morgan fingerprint density at radius 2 is 2.06 bits per heavy atom. The van der Waals surface area contributed by atoms with E-state index in [4.69, 9.17) is 16.2 Å². The number of hydrogen-bond donors (Lipinski definition) is 2. The number of nitrogens with one attached hydrogen (secondary N) is 1. The predicted molar refractivity (Wildman–Crippen MR) is 64.9 cm³/mol. The number of carbonyl (C=O) groups excluding carboxylic acids is 1. The van der Waals surface area contributed by atoms with Gasteiger partial charge in [0.15, 0.2) is 0 Å². The number of carbonyl (C=O) groups is 1. The zero-order valence-corrected chi connectivity index (χ0v) is 10.8. The second-order valence-electron chi connectivity index (χ2n) is 3.56. The van der Waals surface area contributed by atoms with E-state index in [2.05, 4.69) is 5.32 Å². The van der Waals surface area contributed by atoms with Crippen LogP contribution >= 0.6 is 11.6 Å². The minimum absolute atomic E-state index is 0.186. The summed E-state index contributed by atoms with van der Waals surface area (Å²) in [5.41, 5.74) is 0.764. The number of halogens is 1. The molecule has 7 heteroatoms. The molecule has 1 rings (SSSR count). The summed E-state index contributed by atoms with van der Waals surface area (Å²) < 4.78 is 30.8. The van der Waals surface area contributed by atoms with Gasteiger partial charge in [-0.25, -0.2) is 0 Å². The third-order valence-electron chi connectivity index (χ3n) is 2.08. The maximum Gasteiger partial charge on any atom is 0.294 e. The smallest absolute Gasteiger partial charge is 0.294 e. The average molecular weight is 278 g/mol. The molecule has 0 radical (unpaired) electrons. The number of hydrogen-bond acceptors (Lipinski definition) is 3. The highest BCUT2D eigenvalue weighted by Crippen LogP contribution is 2.19. The van der Waals surface area contributed by atoms with Crippen molar-refractivity contribution in [2.75, 3.05) is 5.32 Å². The van der Waals surface area contributed by atoms with Crippen molar-refractivity contribution in [1.82, 2.24) is 0 Å². The van der Waals surface area contributed by atoms with Gasteiger partial charge in [0.25, 0.3) is 10.1 Å². The quantitative estimate of drug-likeness (QED) is 0.652. The third kappa shape index (κ3) is 3.69. The minimum atomic E-state index is -4.23. The van der Waals surface area contributed by atoms with Crippen molar-refractivity contribution in [1.29, 1.82) is 0 Å². The molecule has 0 aliphatic heterocycles. The monoisotopic (exact) mass is 277 g/mol. The average Bonchev–Trinajstić information content (AvgIpc) is 2.15. The summed E-state index contributed by atoms with van der Waals surface area (Å²) in [6, 6.07) is 4.05. The molecule has 0 aliphatic rings. The molecule has 1 unspecified atom stereocenters. The topological polar surface area (TPSA) is 83.5 Å². The summed E-state index contributed by atoms with van der Waals surface area (Å²) in [4.78, 5) is 11.1. The molecular formula is C10H12ClNO4S. The zero-order chi connectivity index (χ0) is 13.2. The summed E-state index contributed by atoms with van der Waals surface area (Å²) in [6.45, 7) is 3.04. The van der Waals surface area contributed by atoms with Gasteiger partial charge in [-0.15, -0.1) is 11.6 Å². The lowest BCUT2D eigenvalue weighted by atomic mass is 10.2. The lowest BCUT2D eigenvalue weighted by molar-refractivity contribution is -0.115. The Kier molecular flexibility index (Phi) is 4.13. The maximum absolute atomic E-state index is 11.3. The number of anilines is 1. The van der Waals surface area contributed by atoms with Gasteiger partial charge >= 0.3 is 0 Å². The van der Waals surface area contributed by atoms with E-state index < -0.39 is 15.5 Å². The summed E-state index contributed by atoms with van der Waals surface area (Å²) in [5, 5.41) is 1.83. The summed E-state index contributed by atoms with van der Waals surface area (Å²) >= 11 is 5.57. The van der Waals surface area contributed by atoms with Gasteiger partial charge < -0.3 is 5.32 Å². The van der Waals surface area contributed by atoms with Crippen molar-refractivity contribution in [3.05, 3.63) is 23.8 Å². The highest BCUT2D eigenvalue weighted by atomic mass is 35.5. The maximum atomic E-state index is 11.3. The number of amides is 1. The van der Waals surface area contributed by atoms with Crippen LogP contribution in [0, 0.1) is 6.92 Å². The van der Waals surface area contributed by atoms with Crippen molar-refractivity contribution >= 4 is 33.3 Å². The second-order valence-corrected chi connectivity index (χ2v) is 5.61. The molecular weight excluding hydrogens is 266 g/mol. The highest BCUT2D eigenvalue weighted by Gasteiger charge is 2.14. The van der Waals surface area contributed by atoms with Gasteiger partial charge in [0, 0.05) is 5.69 Å². The first kappa shape index (κ1) is 14.0. The highest BCUT2D eigenvalue weighted by molar-refractivity contribution is 7.85. The van der Waals surface area contributed by atoms with Gasteiger partial charge in [-0.05, 0) is 37.6 Å². The Bertz CT molecular complexity index is 539. The molecule has 0 bridgehead atoms. The predicted octanol–water partition coefficient (Wildman–Crippen LogP) is 1.81. The van der Waals surface area contributed by atoms with Crippen molar-refractivity contribution in [3.8, 4) is 0 Å². The van der Waals surface area contributed by atoms with Crippen LogP contribution in [0.3, 0.4) is 0 Å². The molecule has 5 nitrogen and oxygen atoms in total. The Balaban J connectivity index is 3.02. The fourth-order valence-corrected chi connectivity index (χ4v) is 2.02. The molecule has 1 amide bonds. The Morgan fingerprint density at radius 3 is 2.47 bits per heavy atom. The number of rotatable bonds is 3. The molecule has 0 saturated carbocycles. The van der Waals surface area contributed by atoms with E-state index in [9.17, 15) is 13.2 Å². The van der Waals surface area contributed by atoms with E-state index in [0.29, 0.717) is 11.3 Å². The van der Waals surface area contributed by atoms with Crippen molar-refractivity contribution in [3.63, 3.8) is 0 Å². The molecule has 0 heterocycles. The number of alkyl halides is 1. The molecule has 0 saturated heterocycles. The summed E-state index contributed by atoms with van der Waals surface area (Å²) in [5.74, 6) is -0.384. The largest absolute Gasteiger partial charge is 0.325 e. The van der Waals surface area contributed by atoms with Crippen LogP contribution in [-0.2, 0) is 14.9 Å². The van der Waals surface area contributed by atoms with E-state index in [1.54, 1.807) is 0 Å². The van der Waals surface area contributed by atoms with Crippen LogP contribution in [0.15, 0.2) is 23.1 Å². The molecule has 1 aromatic carbocycles. The first-order valence-corrected chi connectivity index (χ1v) is 6.62. The standard InChI is InChI=1S/C10H12ClNO4S/c1-6-5-8(12-10(13)7(2)11)3-4-9(6)17(14,15)16/h3-5,7H,1-2H3,(H,12,13)(H,14,15,16). The van der Waals surface area contributed by atoms with Crippen molar-refractivity contribution in [2.45, 2.75) is 24.1 Å². The van der Waals surface area contributed by atoms with Gasteiger partial charge in [-0.1, -0.05) is 0 Å². The number of aryl methyl sites for hydroxylation is 1. The minimum Gasteiger partial charge on any atom is -0.325 e. The molecule has 0 aromatic heterocycles. The lowest BCUT2D eigenvalue weighted by Gasteiger charge is -2.09. The van der Waals surface area contributed by atoms with Gasteiger partial charge in [-0.2, -0.15) is 8.42 Å². The molecule has 2 N–H and O–H groups in total. The van der Waals surface area contributed by atoms with Crippen LogP contribution in [-0.4, -0.2) is 24.3 Å². The molecule has 17 heavy (non-hydrogen) atoms. The Morgan fingerprint density at radius 1 is 1.47 bits per heavy atom. The molecule has 0 fully saturated rings. The first-order chi connectivity index (χ1) is 7.71. The first-order valence-electron chi connectivity index (χ1n) is 4.75. The van der Waals surface area contributed by atoms with Gasteiger partial charge in [0.1, 0.15) is 5.38 Å². The summed E-state index contributed by atoms with van der Waals surface area (Å²) in [6.07, 6.45) is 0. The fraction of sp³-hybridized carbons (Fsp3) is 0.300. The van der Waals surface area contributed by atoms with E-state index in [0.717, 1.165) is 0 Å². The SMILES string of the molecule is Cc1cc(NC(=O)C(C)Cl)ccc1S(=O)(=O)O. The molecule has 0 spiro atoms. The third-order valence-corrected chi connectivity index (χ3v) is 3.29. The van der Waals surface area contributed by atoms with Gasteiger partial charge in [0.2, 0.25) is 5.91 Å². The normalized spacial score (nSPS) is 13.2. The van der Waals surface area contributed by atoms with Gasteiger partial charge in [0.05, 0.1) is 4.90 Å². The van der Waals surface area contributed by atoms with E-state index in [1.165, 1.54) is 32.0 Å². The van der Waals surface area contributed by atoms with Crippen molar-refractivity contribution in [2.24, 2.45) is 0 Å². The van der Waals surface area contributed by atoms with Crippen LogP contribution < -0.4 is 5.32 Å². The van der Waals surface area contributed by atoms with Crippen LogP contribution in [0.4, 0.5) is 5.69 Å². The Labute approximate surface area is 105 Å². The fourth-order valence-electron chi connectivity index (χ4n) is 1.26. The van der Waals surface area contributed by atoms with Crippen LogP contribution in [0.2, 0.25) is 0 Å². The van der Waals surface area contributed by atoms with E-state index in [-0.39, 0.29) is 10.8 Å². The van der Waals surface area contributed by atoms with E-state index in [1.807, 2.05) is 0 Å². The summed E-state index contributed by atoms with van der Waals surface area (Å²) in [7, 11) is -4.23. The number of benzene rings is 1. The lowest BCUT2D eigenvalue weighted by Crippen LogP contribution is -2.20. The molecule has 1 atom stereocenters. The van der Waals surface area contributed by atoms with Gasteiger partial charge in [-0.3, -0.25) is 9.35 Å². The Hall–Kier alpha value is -1.11. The zero-order valence-electron chi connectivity index (χ0n) is 9.27. The molecule has 94 valence electrons. The van der Waals surface area contributed by atoms with Crippen LogP contribution in [0.1, 0.15) is 12.5 Å². The van der Waals surface area contributed by atoms with Crippen molar-refractivity contribution < 1.29 is 17.8 Å². The van der Waals surface area contributed by atoms with Crippen LogP contribution in [0.25, 0.3) is 0 Å².